The summed E-state index contributed by atoms with van der Waals surface area (Å²) in [6.45, 7) is 7.17. The first-order chi connectivity index (χ1) is 10.1. The highest BCUT2D eigenvalue weighted by molar-refractivity contribution is 6.05. The van der Waals surface area contributed by atoms with Crippen LogP contribution in [0.25, 0.3) is 0 Å². The lowest BCUT2D eigenvalue weighted by Crippen LogP contribution is -2.36. The molecule has 2 aliphatic rings. The van der Waals surface area contributed by atoms with Crippen molar-refractivity contribution in [3.63, 3.8) is 0 Å². The molecule has 0 bridgehead atoms. The van der Waals surface area contributed by atoms with Crippen molar-refractivity contribution in [1.82, 2.24) is 10.2 Å². The van der Waals surface area contributed by atoms with E-state index in [1.807, 2.05) is 13.8 Å². The second kappa shape index (κ2) is 7.36. The van der Waals surface area contributed by atoms with Gasteiger partial charge in [0.25, 0.3) is 0 Å². The number of likely N-dealkylation sites (tertiary alicyclic amines) is 1. The van der Waals surface area contributed by atoms with Gasteiger partial charge in [0, 0.05) is 19.6 Å². The molecule has 0 aromatic heterocycles. The summed E-state index contributed by atoms with van der Waals surface area (Å²) in [5, 5.41) is 3.31. The monoisotopic (exact) mass is 296 g/mol. The minimum absolute atomic E-state index is 0.00873. The molecule has 5 nitrogen and oxygen atoms in total. The maximum absolute atomic E-state index is 12.5. The lowest BCUT2D eigenvalue weighted by molar-refractivity contribution is -0.141. The zero-order chi connectivity index (χ0) is 15.3. The van der Waals surface area contributed by atoms with Crippen molar-refractivity contribution in [2.45, 2.75) is 58.5 Å². The van der Waals surface area contributed by atoms with Crippen molar-refractivity contribution in [2.75, 3.05) is 26.2 Å². The number of nitrogens with zero attached hydrogens (tertiary/aromatic N) is 1. The maximum atomic E-state index is 12.5. The lowest BCUT2D eigenvalue weighted by Gasteiger charge is -2.25. The summed E-state index contributed by atoms with van der Waals surface area (Å²) in [6, 6.07) is 0. The molecule has 2 saturated heterocycles. The minimum Gasteiger partial charge on any atom is -0.378 e. The van der Waals surface area contributed by atoms with Crippen LogP contribution in [0.2, 0.25) is 0 Å². The summed E-state index contributed by atoms with van der Waals surface area (Å²) < 4.78 is 5.83. The molecule has 2 aliphatic heterocycles. The smallest absolute Gasteiger partial charge is 0.235 e. The van der Waals surface area contributed by atoms with Crippen molar-refractivity contribution >= 4 is 11.8 Å². The fraction of sp³-hybridized carbons (Fsp3) is 0.875. The highest BCUT2D eigenvalue weighted by atomic mass is 16.5. The quantitative estimate of drug-likeness (QED) is 0.574. The van der Waals surface area contributed by atoms with E-state index in [0.29, 0.717) is 25.7 Å². The third kappa shape index (κ3) is 3.64. The molecule has 1 N–H and O–H groups in total. The van der Waals surface area contributed by atoms with Gasteiger partial charge in [0.05, 0.1) is 11.5 Å². The molecule has 0 saturated carbocycles. The van der Waals surface area contributed by atoms with Crippen LogP contribution in [0, 0.1) is 5.41 Å². The molecule has 5 heteroatoms. The number of imide groups is 1. The number of rotatable bonds is 7. The molecule has 0 unspecified atom stereocenters. The van der Waals surface area contributed by atoms with Gasteiger partial charge in [-0.2, -0.15) is 0 Å². The number of nitrogens with one attached hydrogen (secondary N) is 1. The summed E-state index contributed by atoms with van der Waals surface area (Å²) in [5.41, 5.74) is -0.438. The normalized spacial score (nSPS) is 23.0. The molecule has 120 valence electrons. The van der Waals surface area contributed by atoms with Crippen LogP contribution in [0.15, 0.2) is 0 Å². The van der Waals surface area contributed by atoms with Gasteiger partial charge >= 0.3 is 0 Å². The molecule has 0 aliphatic carbocycles. The Morgan fingerprint density at radius 2 is 1.90 bits per heavy atom. The predicted octanol–water partition coefficient (Wildman–Crippen LogP) is 1.71. The van der Waals surface area contributed by atoms with Gasteiger partial charge in [0.2, 0.25) is 11.8 Å². The topological polar surface area (TPSA) is 58.6 Å². The van der Waals surface area contributed by atoms with Gasteiger partial charge in [-0.25, -0.2) is 0 Å². The maximum Gasteiger partial charge on any atom is 0.235 e. The number of carbonyl (C=O) groups is 2. The fourth-order valence-electron chi connectivity index (χ4n) is 3.32. The molecule has 21 heavy (non-hydrogen) atoms. The first kappa shape index (κ1) is 16.4. The van der Waals surface area contributed by atoms with Crippen molar-refractivity contribution < 1.29 is 14.3 Å². The zero-order valence-electron chi connectivity index (χ0n) is 13.3. The van der Waals surface area contributed by atoms with E-state index in [0.717, 1.165) is 45.2 Å². The molecular weight excluding hydrogens is 268 g/mol. The first-order valence-corrected chi connectivity index (χ1v) is 8.30. The van der Waals surface area contributed by atoms with E-state index in [1.165, 1.54) is 4.90 Å². The number of hydrogen-bond donors (Lipinski definition) is 1. The average Bonchev–Trinajstić information content (AvgIpc) is 2.76. The van der Waals surface area contributed by atoms with Crippen molar-refractivity contribution in [3.05, 3.63) is 0 Å². The SMILES string of the molecule is CCC1(CC)CC(=O)N(CCCOC2CCNCC2)C1=O. The van der Waals surface area contributed by atoms with Crippen molar-refractivity contribution in [1.29, 1.82) is 0 Å². The van der Waals surface area contributed by atoms with Crippen molar-refractivity contribution in [2.24, 2.45) is 5.41 Å². The highest BCUT2D eigenvalue weighted by Gasteiger charge is 2.48. The number of amides is 2. The van der Waals surface area contributed by atoms with Gasteiger partial charge in [0.15, 0.2) is 0 Å². The molecule has 2 fully saturated rings. The van der Waals surface area contributed by atoms with Gasteiger partial charge in [0.1, 0.15) is 0 Å². The molecule has 2 heterocycles. The number of hydrogen-bond acceptors (Lipinski definition) is 4. The minimum atomic E-state index is -0.438. The Morgan fingerprint density at radius 1 is 1.24 bits per heavy atom. The summed E-state index contributed by atoms with van der Waals surface area (Å²) in [4.78, 5) is 26.0. The van der Waals surface area contributed by atoms with Gasteiger partial charge in [-0.05, 0) is 45.2 Å². The lowest BCUT2D eigenvalue weighted by atomic mass is 9.81. The van der Waals surface area contributed by atoms with E-state index in [9.17, 15) is 9.59 Å². The number of carbonyl (C=O) groups excluding carboxylic acids is 2. The van der Waals surface area contributed by atoms with E-state index in [2.05, 4.69) is 5.32 Å². The largest absolute Gasteiger partial charge is 0.378 e. The first-order valence-electron chi connectivity index (χ1n) is 8.30. The Hall–Kier alpha value is -0.940. The van der Waals surface area contributed by atoms with Gasteiger partial charge < -0.3 is 10.1 Å². The molecule has 0 aromatic rings. The summed E-state index contributed by atoms with van der Waals surface area (Å²) >= 11 is 0. The zero-order valence-corrected chi connectivity index (χ0v) is 13.3. The summed E-state index contributed by atoms with van der Waals surface area (Å²) in [7, 11) is 0. The Balaban J connectivity index is 1.75. The molecule has 0 spiro atoms. The van der Waals surface area contributed by atoms with E-state index in [-0.39, 0.29) is 11.8 Å². The van der Waals surface area contributed by atoms with Gasteiger partial charge in [-0.1, -0.05) is 13.8 Å². The van der Waals surface area contributed by atoms with Crippen molar-refractivity contribution in [3.8, 4) is 0 Å². The Bertz CT molecular complexity index is 374. The van der Waals surface area contributed by atoms with E-state index >= 15 is 0 Å². The third-order valence-corrected chi connectivity index (χ3v) is 5.01. The van der Waals surface area contributed by atoms with Crippen LogP contribution >= 0.6 is 0 Å². The second-order valence-electron chi connectivity index (χ2n) is 6.19. The molecule has 0 atom stereocenters. The molecule has 2 rings (SSSR count). The molecular formula is C16H28N2O3. The Labute approximate surface area is 127 Å². The van der Waals surface area contributed by atoms with Gasteiger partial charge in [-0.3, -0.25) is 14.5 Å². The van der Waals surface area contributed by atoms with Crippen LogP contribution in [0.3, 0.4) is 0 Å². The van der Waals surface area contributed by atoms with Crippen LogP contribution in [-0.2, 0) is 14.3 Å². The number of ether oxygens (including phenoxy) is 1. The van der Waals surface area contributed by atoms with Gasteiger partial charge in [-0.15, -0.1) is 0 Å². The second-order valence-corrected chi connectivity index (χ2v) is 6.19. The van der Waals surface area contributed by atoms with E-state index in [1.54, 1.807) is 0 Å². The Kier molecular flexibility index (Phi) is 5.76. The molecule has 0 aromatic carbocycles. The molecule has 0 radical (unpaired) electrons. The third-order valence-electron chi connectivity index (χ3n) is 5.01. The van der Waals surface area contributed by atoms with Crippen LogP contribution in [0.5, 0.6) is 0 Å². The highest BCUT2D eigenvalue weighted by Crippen LogP contribution is 2.39. The van der Waals surface area contributed by atoms with E-state index in [4.69, 9.17) is 4.74 Å². The van der Waals surface area contributed by atoms with Crippen LogP contribution in [0.1, 0.15) is 52.4 Å². The van der Waals surface area contributed by atoms with E-state index < -0.39 is 5.41 Å². The number of piperidine rings is 1. The van der Waals surface area contributed by atoms with Crippen LogP contribution in [-0.4, -0.2) is 49.1 Å². The average molecular weight is 296 g/mol. The molecule has 2 amide bonds. The van der Waals surface area contributed by atoms with Crippen LogP contribution in [0.4, 0.5) is 0 Å². The van der Waals surface area contributed by atoms with Crippen LogP contribution < -0.4 is 5.32 Å². The summed E-state index contributed by atoms with van der Waals surface area (Å²) in [6.07, 6.45) is 5.05. The standard InChI is InChI=1S/C16H28N2O3/c1-3-16(4-2)12-14(19)18(15(16)20)10-5-11-21-13-6-8-17-9-7-13/h13,17H,3-12H2,1-2H3. The summed E-state index contributed by atoms with van der Waals surface area (Å²) in [5.74, 6) is 0.0185. The predicted molar refractivity (Wildman–Crippen MR) is 80.8 cm³/mol. The Morgan fingerprint density at radius 3 is 2.48 bits per heavy atom. The fourth-order valence-corrected chi connectivity index (χ4v) is 3.32.